The fourth-order valence-corrected chi connectivity index (χ4v) is 6.66. The molecule has 5 aromatic rings. The van der Waals surface area contributed by atoms with Gasteiger partial charge in [-0.2, -0.15) is 0 Å². The molecule has 2 heterocycles. The van der Waals surface area contributed by atoms with Crippen LogP contribution < -0.4 is 24.4 Å². The van der Waals surface area contributed by atoms with Crippen molar-refractivity contribution in [2.75, 3.05) is 13.7 Å². The smallest absolute Gasteiger partial charge is 0.338 e. The number of hydrogen-bond donors (Lipinski definition) is 0. The van der Waals surface area contributed by atoms with Gasteiger partial charge in [0.15, 0.2) is 4.80 Å². The summed E-state index contributed by atoms with van der Waals surface area (Å²) in [6.45, 7) is 4.03. The number of allylic oxidation sites excluding steroid dienone is 1. The minimum Gasteiger partial charge on any atom is -0.496 e. The summed E-state index contributed by atoms with van der Waals surface area (Å²) in [5.74, 6) is 0.680. The lowest BCUT2D eigenvalue weighted by molar-refractivity contribution is -0.139. The predicted molar refractivity (Wildman–Crippen MR) is 173 cm³/mol. The summed E-state index contributed by atoms with van der Waals surface area (Å²) >= 11 is 7.56. The molecule has 6 rings (SSSR count). The minimum absolute atomic E-state index is 0.189. The molecule has 1 atom stereocenters. The number of nitrogens with zero attached hydrogens (tertiary/aromatic N) is 2. The minimum atomic E-state index is -0.807. The molecule has 44 heavy (non-hydrogen) atoms. The number of methoxy groups -OCH3 is 1. The zero-order chi connectivity index (χ0) is 30.8. The Kier molecular flexibility index (Phi) is 8.37. The number of carbonyl (C=O) groups excluding carboxylic acids is 1. The zero-order valence-corrected chi connectivity index (χ0v) is 25.9. The maximum Gasteiger partial charge on any atom is 0.338 e. The van der Waals surface area contributed by atoms with Crippen LogP contribution in [0.15, 0.2) is 106 Å². The van der Waals surface area contributed by atoms with Crippen LogP contribution in [0, 0.1) is 0 Å². The van der Waals surface area contributed by atoms with E-state index in [2.05, 4.69) is 0 Å². The molecule has 1 aliphatic rings. The summed E-state index contributed by atoms with van der Waals surface area (Å²) in [5, 5.41) is 2.46. The summed E-state index contributed by atoms with van der Waals surface area (Å²) in [4.78, 5) is 32.9. The second-order valence-corrected chi connectivity index (χ2v) is 11.6. The largest absolute Gasteiger partial charge is 0.496 e. The number of halogens is 1. The highest BCUT2D eigenvalue weighted by Crippen LogP contribution is 2.40. The highest BCUT2D eigenvalue weighted by molar-refractivity contribution is 7.07. The van der Waals surface area contributed by atoms with E-state index in [-0.39, 0.29) is 12.2 Å². The Hall–Kier alpha value is -4.66. The van der Waals surface area contributed by atoms with Gasteiger partial charge in [-0.3, -0.25) is 9.36 Å². The van der Waals surface area contributed by atoms with Gasteiger partial charge in [0, 0.05) is 16.1 Å². The molecule has 0 bridgehead atoms. The topological polar surface area (TPSA) is 79.1 Å². The summed E-state index contributed by atoms with van der Waals surface area (Å²) in [6, 6.07) is 25.9. The van der Waals surface area contributed by atoms with E-state index >= 15 is 0 Å². The van der Waals surface area contributed by atoms with Crippen molar-refractivity contribution in [2.24, 2.45) is 4.99 Å². The molecule has 222 valence electrons. The molecule has 0 saturated carbocycles. The van der Waals surface area contributed by atoms with Crippen LogP contribution in [0.2, 0.25) is 5.02 Å². The Morgan fingerprint density at radius 1 is 1.05 bits per heavy atom. The van der Waals surface area contributed by atoms with Gasteiger partial charge in [0.2, 0.25) is 0 Å². The van der Waals surface area contributed by atoms with E-state index in [1.54, 1.807) is 25.5 Å². The molecule has 9 heteroatoms. The van der Waals surface area contributed by atoms with Crippen LogP contribution >= 0.6 is 22.9 Å². The van der Waals surface area contributed by atoms with E-state index in [4.69, 9.17) is 30.8 Å². The normalized spacial score (nSPS) is 14.7. The molecule has 0 unspecified atom stereocenters. The van der Waals surface area contributed by atoms with Crippen molar-refractivity contribution in [3.63, 3.8) is 0 Å². The third kappa shape index (κ3) is 5.54. The number of rotatable bonds is 8. The van der Waals surface area contributed by atoms with Gasteiger partial charge in [-0.15, -0.1) is 0 Å². The van der Waals surface area contributed by atoms with Crippen molar-refractivity contribution < 1.29 is 19.0 Å². The van der Waals surface area contributed by atoms with Crippen molar-refractivity contribution in [1.29, 1.82) is 0 Å². The first kappa shape index (κ1) is 29.4. The average Bonchev–Trinajstić information content (AvgIpc) is 3.33. The molecule has 0 amide bonds. The fourth-order valence-electron chi connectivity index (χ4n) is 5.42. The quantitative estimate of drug-likeness (QED) is 0.192. The zero-order valence-electron chi connectivity index (χ0n) is 24.4. The van der Waals surface area contributed by atoms with Crippen molar-refractivity contribution in [3.8, 4) is 11.5 Å². The van der Waals surface area contributed by atoms with Crippen LogP contribution in [-0.2, 0) is 16.1 Å². The van der Waals surface area contributed by atoms with E-state index in [9.17, 15) is 9.59 Å². The molecule has 4 aromatic carbocycles. The van der Waals surface area contributed by atoms with Crippen molar-refractivity contribution in [1.82, 2.24) is 4.57 Å². The molecule has 1 aromatic heterocycles. The number of carbonyl (C=O) groups is 1. The Morgan fingerprint density at radius 3 is 2.64 bits per heavy atom. The van der Waals surface area contributed by atoms with E-state index in [1.807, 2.05) is 91.0 Å². The van der Waals surface area contributed by atoms with Crippen molar-refractivity contribution in [2.45, 2.75) is 26.5 Å². The molecule has 0 saturated heterocycles. The van der Waals surface area contributed by atoms with E-state index in [1.165, 1.54) is 11.3 Å². The van der Waals surface area contributed by atoms with Crippen LogP contribution in [0.4, 0.5) is 0 Å². The third-order valence-corrected chi connectivity index (χ3v) is 8.80. The lowest BCUT2D eigenvalue weighted by Gasteiger charge is -2.27. The first-order chi connectivity index (χ1) is 21.4. The third-order valence-electron chi connectivity index (χ3n) is 7.45. The summed E-state index contributed by atoms with van der Waals surface area (Å²) in [7, 11) is 1.58. The summed E-state index contributed by atoms with van der Waals surface area (Å²) in [5.41, 5.74) is 2.88. The van der Waals surface area contributed by atoms with E-state index in [0.717, 1.165) is 21.9 Å². The summed E-state index contributed by atoms with van der Waals surface area (Å²) < 4.78 is 19.4. The van der Waals surface area contributed by atoms with E-state index < -0.39 is 12.0 Å². The number of fused-ring (bicyclic) bond motifs is 2. The second kappa shape index (κ2) is 12.5. The fraction of sp³-hybridized carbons (Fsp3) is 0.171. The van der Waals surface area contributed by atoms with Crippen LogP contribution in [0.1, 0.15) is 36.6 Å². The molecule has 0 aliphatic carbocycles. The van der Waals surface area contributed by atoms with Gasteiger partial charge >= 0.3 is 5.97 Å². The Morgan fingerprint density at radius 2 is 1.84 bits per heavy atom. The Labute approximate surface area is 262 Å². The molecule has 7 nitrogen and oxygen atoms in total. The molecule has 0 radical (unpaired) electrons. The van der Waals surface area contributed by atoms with Gasteiger partial charge in [-0.1, -0.05) is 83.6 Å². The van der Waals surface area contributed by atoms with E-state index in [0.29, 0.717) is 49.3 Å². The van der Waals surface area contributed by atoms with Gasteiger partial charge in [-0.05, 0) is 60.5 Å². The number of benzene rings is 4. The number of hydrogen-bond acceptors (Lipinski definition) is 7. The van der Waals surface area contributed by atoms with Gasteiger partial charge in [-0.25, -0.2) is 9.79 Å². The number of thiazole rings is 1. The maximum absolute atomic E-state index is 14.2. The first-order valence-electron chi connectivity index (χ1n) is 14.1. The number of ether oxygens (including phenoxy) is 3. The lowest BCUT2D eigenvalue weighted by Crippen LogP contribution is -2.40. The predicted octanol–water partition coefficient (Wildman–Crippen LogP) is 6.19. The van der Waals surface area contributed by atoms with Gasteiger partial charge in [0.1, 0.15) is 24.1 Å². The van der Waals surface area contributed by atoms with Crippen LogP contribution in [-0.4, -0.2) is 24.3 Å². The Bertz CT molecular complexity index is 2110. The molecule has 0 spiro atoms. The van der Waals surface area contributed by atoms with Gasteiger partial charge in [0.25, 0.3) is 5.56 Å². The lowest BCUT2D eigenvalue weighted by atomic mass is 9.90. The first-order valence-corrected chi connectivity index (χ1v) is 15.3. The molecule has 1 aliphatic heterocycles. The van der Waals surface area contributed by atoms with Crippen molar-refractivity contribution in [3.05, 3.63) is 138 Å². The second-order valence-electron chi connectivity index (χ2n) is 10.2. The highest BCUT2D eigenvalue weighted by Gasteiger charge is 2.36. The Balaban J connectivity index is 1.49. The molecular formula is C35H29ClN2O5S. The van der Waals surface area contributed by atoms with Gasteiger partial charge in [0.05, 0.1) is 29.5 Å². The van der Waals surface area contributed by atoms with Crippen molar-refractivity contribution >= 4 is 45.8 Å². The number of esters is 1. The SMILES string of the molecule is CCOC(=O)C1=C(C)N=c2s/c(=C\c3cccc(OCc4ccccc4Cl)c3)c(=O)n2[C@@H]1c1c(OC)ccc2ccccc12. The van der Waals surface area contributed by atoms with Crippen LogP contribution in [0.5, 0.6) is 11.5 Å². The van der Waals surface area contributed by atoms with Gasteiger partial charge < -0.3 is 14.2 Å². The van der Waals surface area contributed by atoms with Crippen LogP contribution in [0.3, 0.4) is 0 Å². The highest BCUT2D eigenvalue weighted by atomic mass is 35.5. The standard InChI is InChI=1S/C35H29ClN2O5S/c1-4-42-34(40)30-21(2)37-35-38(32(30)31-26-14-7-5-11-23(26)16-17-28(31)41-3)33(39)29(44-35)19-22-10-9-13-25(18-22)43-20-24-12-6-8-15-27(24)36/h5-19,32H,4,20H2,1-3H3/b29-19-/t32-/m0/s1. The monoisotopic (exact) mass is 624 g/mol. The molecular weight excluding hydrogens is 596 g/mol. The summed E-state index contributed by atoms with van der Waals surface area (Å²) in [6.07, 6.45) is 1.81. The molecule has 0 fully saturated rings. The van der Waals surface area contributed by atoms with Crippen LogP contribution in [0.25, 0.3) is 16.8 Å². The maximum atomic E-state index is 14.2. The number of aromatic nitrogens is 1. The average molecular weight is 625 g/mol. The molecule has 0 N–H and O–H groups in total.